The Hall–Kier alpha value is -1.78. The van der Waals surface area contributed by atoms with Gasteiger partial charge in [-0.2, -0.15) is 0 Å². The highest BCUT2D eigenvalue weighted by Gasteiger charge is 2.62. The number of carbonyl (C=O) groups is 3. The van der Waals surface area contributed by atoms with Gasteiger partial charge in [0.1, 0.15) is 0 Å². The van der Waals surface area contributed by atoms with E-state index in [0.29, 0.717) is 32.3 Å². The van der Waals surface area contributed by atoms with Gasteiger partial charge in [0.05, 0.1) is 35.0 Å². The Balaban J connectivity index is 1.61. The van der Waals surface area contributed by atoms with Gasteiger partial charge in [0.2, 0.25) is 21.8 Å². The van der Waals surface area contributed by atoms with E-state index >= 15 is 0 Å². The molecule has 0 aromatic carbocycles. The highest BCUT2D eigenvalue weighted by atomic mass is 32.2. The van der Waals surface area contributed by atoms with Crippen LogP contribution in [-0.2, 0) is 29.1 Å². The van der Waals surface area contributed by atoms with Crippen molar-refractivity contribution < 1.29 is 32.6 Å². The number of allylic oxidation sites excluding steroid dienone is 1. The molecule has 1 saturated heterocycles. The highest BCUT2D eigenvalue weighted by molar-refractivity contribution is 7.91. The number of hydrogen-bond donors (Lipinski definition) is 2. The van der Waals surface area contributed by atoms with Crippen LogP contribution in [0.4, 0.5) is 0 Å². The molecule has 2 N–H and O–H groups in total. The largest absolute Gasteiger partial charge is 0.391 e. The predicted octanol–water partition coefficient (Wildman–Crippen LogP) is 1.55. The number of nitrogens with zero attached hydrogens (tertiary/aromatic N) is 1. The van der Waals surface area contributed by atoms with Gasteiger partial charge in [-0.25, -0.2) is 8.42 Å². The Morgan fingerprint density at radius 2 is 1.89 bits per heavy atom. The second-order valence-electron chi connectivity index (χ2n) is 11.5. The van der Waals surface area contributed by atoms with Gasteiger partial charge < -0.3 is 14.7 Å². The van der Waals surface area contributed by atoms with Crippen LogP contribution in [0.25, 0.3) is 0 Å². The summed E-state index contributed by atoms with van der Waals surface area (Å²) < 4.78 is 32.7. The minimum absolute atomic E-state index is 0.0135. The first-order valence-corrected chi connectivity index (χ1v) is 14.1. The monoisotopic (exact) mass is 510 g/mol. The summed E-state index contributed by atoms with van der Waals surface area (Å²) in [5.41, 5.74) is -1.18. The van der Waals surface area contributed by atoms with Gasteiger partial charge in [-0.15, -0.1) is 0 Å². The lowest BCUT2D eigenvalue weighted by Crippen LogP contribution is -2.47. The van der Waals surface area contributed by atoms with Crippen LogP contribution in [0.3, 0.4) is 0 Å². The molecule has 2 aliphatic carbocycles. The van der Waals surface area contributed by atoms with E-state index in [-0.39, 0.29) is 54.9 Å². The van der Waals surface area contributed by atoms with Crippen LogP contribution in [0.1, 0.15) is 66.2 Å². The number of Topliss-reactive ketones (excluding diaryl/α,β-unsaturated/α-hetero) is 1. The Kier molecular flexibility index (Phi) is 6.96. The average molecular weight is 511 g/mol. The van der Waals surface area contributed by atoms with Crippen molar-refractivity contribution in [1.82, 2.24) is 9.62 Å². The van der Waals surface area contributed by atoms with Crippen molar-refractivity contribution in [2.24, 2.45) is 23.2 Å². The number of aliphatic hydroxyl groups is 1. The van der Waals surface area contributed by atoms with Crippen LogP contribution in [-0.4, -0.2) is 72.2 Å². The van der Waals surface area contributed by atoms with E-state index in [2.05, 4.69) is 4.72 Å². The topological polar surface area (TPSA) is 130 Å². The molecule has 2 saturated carbocycles. The number of nitrogens with one attached hydrogen (secondary N) is 1. The molecule has 0 unspecified atom stereocenters. The normalized spacial score (nSPS) is 40.7. The number of aliphatic hydroxyl groups excluding tert-OH is 1. The smallest absolute Gasteiger partial charge is 0.240 e. The number of hydrogen-bond acceptors (Lipinski definition) is 7. The fourth-order valence-electron chi connectivity index (χ4n) is 5.45. The summed E-state index contributed by atoms with van der Waals surface area (Å²) in [5.74, 6) is -1.81. The van der Waals surface area contributed by atoms with Gasteiger partial charge in [-0.3, -0.25) is 19.1 Å². The van der Waals surface area contributed by atoms with Crippen molar-refractivity contribution >= 4 is 27.6 Å². The van der Waals surface area contributed by atoms with Crippen LogP contribution < -0.4 is 4.72 Å². The zero-order valence-corrected chi connectivity index (χ0v) is 21.8. The second-order valence-corrected chi connectivity index (χ2v) is 13.7. The third-order valence-corrected chi connectivity index (χ3v) is 10.8. The first-order valence-electron chi connectivity index (χ1n) is 12.7. The molecule has 0 spiro atoms. The molecule has 2 amide bonds. The lowest BCUT2D eigenvalue weighted by atomic mass is 9.88. The van der Waals surface area contributed by atoms with Crippen molar-refractivity contribution in [2.75, 3.05) is 13.2 Å². The van der Waals surface area contributed by atoms with Gasteiger partial charge in [0, 0.05) is 25.3 Å². The molecule has 7 atom stereocenters. The Morgan fingerprint density at radius 3 is 2.54 bits per heavy atom. The SMILES string of the molecule is C[C@@H]1C[C@H](C)OC/C=C\[C@@H]2C[C@@]2(C(=O)NS(=O)(=O)C2(C)CC2)CC(=O)[C@@H]2C[C@@H](O)CN2C(=O)[C@H]1C. The van der Waals surface area contributed by atoms with E-state index in [9.17, 15) is 27.9 Å². The van der Waals surface area contributed by atoms with Gasteiger partial charge in [0.25, 0.3) is 0 Å². The molecule has 35 heavy (non-hydrogen) atoms. The quantitative estimate of drug-likeness (QED) is 0.551. The summed E-state index contributed by atoms with van der Waals surface area (Å²) in [4.78, 5) is 41.6. The molecule has 0 bridgehead atoms. The molecule has 10 heteroatoms. The third kappa shape index (κ3) is 5.06. The third-order valence-electron chi connectivity index (χ3n) is 8.63. The zero-order valence-electron chi connectivity index (χ0n) is 21.0. The van der Waals surface area contributed by atoms with Gasteiger partial charge in [-0.05, 0) is 51.4 Å². The van der Waals surface area contributed by atoms with E-state index in [1.807, 2.05) is 32.9 Å². The number of amides is 2. The molecule has 9 nitrogen and oxygen atoms in total. The maximum absolute atomic E-state index is 13.5. The molecule has 2 heterocycles. The Bertz CT molecular complexity index is 1020. The Morgan fingerprint density at radius 1 is 1.20 bits per heavy atom. The number of carbonyl (C=O) groups excluding carboxylic acids is 3. The fraction of sp³-hybridized carbons (Fsp3) is 0.800. The summed E-state index contributed by atoms with van der Waals surface area (Å²) in [6.45, 7) is 7.78. The molecular weight excluding hydrogens is 472 g/mol. The number of sulfonamides is 1. The molecule has 196 valence electrons. The van der Waals surface area contributed by atoms with E-state index in [1.165, 1.54) is 4.90 Å². The summed E-state index contributed by atoms with van der Waals surface area (Å²) in [5, 5.41) is 10.3. The summed E-state index contributed by atoms with van der Waals surface area (Å²) in [6.07, 6.45) is 4.71. The average Bonchev–Trinajstić information content (AvgIpc) is 3.66. The molecule has 4 aliphatic rings. The lowest BCUT2D eigenvalue weighted by molar-refractivity contribution is -0.143. The summed E-state index contributed by atoms with van der Waals surface area (Å²) in [6, 6.07) is -0.821. The number of rotatable bonds is 3. The maximum Gasteiger partial charge on any atom is 0.240 e. The molecular formula is C25H38N2O7S. The fourth-order valence-corrected chi connectivity index (χ4v) is 6.79. The minimum Gasteiger partial charge on any atom is -0.391 e. The number of ether oxygens (including phenoxy) is 1. The van der Waals surface area contributed by atoms with Crippen molar-refractivity contribution in [2.45, 2.75) is 89.2 Å². The Labute approximate surface area is 207 Å². The predicted molar refractivity (Wildman–Crippen MR) is 128 cm³/mol. The molecule has 2 aliphatic heterocycles. The van der Waals surface area contributed by atoms with Crippen LogP contribution in [0, 0.1) is 23.2 Å². The lowest BCUT2D eigenvalue weighted by Gasteiger charge is -2.30. The first-order chi connectivity index (χ1) is 16.3. The second kappa shape index (κ2) is 9.27. The maximum atomic E-state index is 13.5. The van der Waals surface area contributed by atoms with E-state index in [0.717, 1.165) is 0 Å². The van der Waals surface area contributed by atoms with E-state index < -0.39 is 38.2 Å². The van der Waals surface area contributed by atoms with Crippen LogP contribution in [0.2, 0.25) is 0 Å². The highest BCUT2D eigenvalue weighted by Crippen LogP contribution is 2.57. The molecule has 0 aromatic heterocycles. The molecule has 4 rings (SSSR count). The molecule has 0 aromatic rings. The van der Waals surface area contributed by atoms with Crippen LogP contribution >= 0.6 is 0 Å². The number of ketones is 1. The standard InChI is InChI=1S/C25H38N2O7S/c1-15-10-16(2)34-9-5-6-18-12-25(18,23(31)26-35(32,33)24(4)7-8-24)13-21(29)20-11-19(28)14-27(20)22(30)17(15)3/h5-6,15-20,28H,7-14H2,1-4H3,(H,26,31)/b6-5-/t15-,16+,17+,18-,19-,20+,25-/m1/s1. The summed E-state index contributed by atoms with van der Waals surface area (Å²) >= 11 is 0. The van der Waals surface area contributed by atoms with Gasteiger partial charge >= 0.3 is 0 Å². The van der Waals surface area contributed by atoms with Crippen molar-refractivity contribution in [3.05, 3.63) is 12.2 Å². The number of fused-ring (bicyclic) bond motifs is 2. The van der Waals surface area contributed by atoms with Crippen LogP contribution in [0.15, 0.2) is 12.2 Å². The minimum atomic E-state index is -3.85. The van der Waals surface area contributed by atoms with Gasteiger partial charge in [-0.1, -0.05) is 26.0 Å². The summed E-state index contributed by atoms with van der Waals surface area (Å²) in [7, 11) is -3.85. The van der Waals surface area contributed by atoms with Crippen molar-refractivity contribution in [3.63, 3.8) is 0 Å². The van der Waals surface area contributed by atoms with Gasteiger partial charge in [0.15, 0.2) is 5.78 Å². The van der Waals surface area contributed by atoms with Crippen molar-refractivity contribution in [3.8, 4) is 0 Å². The first kappa shape index (κ1) is 26.3. The molecule has 3 fully saturated rings. The van der Waals surface area contributed by atoms with Crippen LogP contribution in [0.5, 0.6) is 0 Å². The molecule has 0 radical (unpaired) electrons. The zero-order chi connectivity index (χ0) is 25.8. The van der Waals surface area contributed by atoms with E-state index in [1.54, 1.807) is 6.92 Å². The van der Waals surface area contributed by atoms with E-state index in [4.69, 9.17) is 4.74 Å². The van der Waals surface area contributed by atoms with Crippen molar-refractivity contribution in [1.29, 1.82) is 0 Å².